The summed E-state index contributed by atoms with van der Waals surface area (Å²) >= 11 is 5.74. The van der Waals surface area contributed by atoms with Crippen molar-refractivity contribution >= 4 is 30.0 Å². The van der Waals surface area contributed by atoms with Gasteiger partial charge in [0.1, 0.15) is 0 Å². The van der Waals surface area contributed by atoms with Crippen LogP contribution in [0, 0.1) is 0 Å². The molecule has 0 saturated heterocycles. The molecular formula is C8H9Cl2NO3. The molecule has 1 unspecified atom stereocenters. The molecular weight excluding hydrogens is 229 g/mol. The van der Waals surface area contributed by atoms with E-state index in [1.54, 1.807) is 24.3 Å². The van der Waals surface area contributed by atoms with Crippen LogP contribution in [0.15, 0.2) is 24.3 Å². The highest BCUT2D eigenvalue weighted by Gasteiger charge is 2.21. The van der Waals surface area contributed by atoms with Crippen molar-refractivity contribution in [2.75, 3.05) is 0 Å². The average molecular weight is 238 g/mol. The molecule has 3 N–H and O–H groups in total. The second-order valence-corrected chi connectivity index (χ2v) is 2.78. The van der Waals surface area contributed by atoms with Crippen LogP contribution >= 0.6 is 24.0 Å². The zero-order valence-electron chi connectivity index (χ0n) is 7.01. The van der Waals surface area contributed by atoms with Crippen LogP contribution in [0.5, 0.6) is 0 Å². The second kappa shape index (κ2) is 5.82. The predicted molar refractivity (Wildman–Crippen MR) is 54.3 cm³/mol. The normalized spacial score (nSPS) is 11.6. The molecule has 0 fully saturated rings. The van der Waals surface area contributed by atoms with Gasteiger partial charge in [-0.2, -0.15) is 0 Å². The Morgan fingerprint density at radius 2 is 2.07 bits per heavy atom. The molecule has 0 saturated carbocycles. The average Bonchev–Trinajstić information content (AvgIpc) is 2.09. The lowest BCUT2D eigenvalue weighted by molar-refractivity contribution is -0.151. The van der Waals surface area contributed by atoms with Crippen LogP contribution in [0.25, 0.3) is 0 Å². The minimum Gasteiger partial charge on any atom is -0.479 e. The first-order valence-electron chi connectivity index (χ1n) is 3.49. The van der Waals surface area contributed by atoms with Crippen LogP contribution in [0.4, 0.5) is 0 Å². The molecule has 78 valence electrons. The van der Waals surface area contributed by atoms with Crippen molar-refractivity contribution in [1.29, 1.82) is 0 Å². The van der Waals surface area contributed by atoms with E-state index in [0.29, 0.717) is 10.6 Å². The molecule has 0 amide bonds. The monoisotopic (exact) mass is 237 g/mol. The molecule has 0 aliphatic carbocycles. The lowest BCUT2D eigenvalue weighted by Gasteiger charge is -2.10. The predicted octanol–water partition coefficient (Wildman–Crippen LogP) is 1.78. The molecule has 0 radical (unpaired) electrons. The first-order chi connectivity index (χ1) is 6.16. The van der Waals surface area contributed by atoms with Crippen molar-refractivity contribution < 1.29 is 14.7 Å². The molecule has 14 heavy (non-hydrogen) atoms. The Bertz CT molecular complexity index is 319. The third kappa shape index (κ3) is 2.85. The van der Waals surface area contributed by atoms with Gasteiger partial charge in [-0.3, -0.25) is 4.84 Å². The number of aliphatic carboxylic acids is 1. The summed E-state index contributed by atoms with van der Waals surface area (Å²) in [6.45, 7) is 0. The van der Waals surface area contributed by atoms with E-state index in [1.165, 1.54) is 0 Å². The van der Waals surface area contributed by atoms with E-state index in [1.807, 2.05) is 0 Å². The zero-order chi connectivity index (χ0) is 9.84. The Balaban J connectivity index is 0.00000169. The summed E-state index contributed by atoms with van der Waals surface area (Å²) in [5.74, 6) is 3.66. The smallest absolute Gasteiger partial charge is 0.339 e. The lowest BCUT2D eigenvalue weighted by Crippen LogP contribution is -2.18. The van der Waals surface area contributed by atoms with E-state index < -0.39 is 12.1 Å². The van der Waals surface area contributed by atoms with Crippen molar-refractivity contribution in [3.05, 3.63) is 34.9 Å². The van der Waals surface area contributed by atoms with Gasteiger partial charge in [0.05, 0.1) is 0 Å². The van der Waals surface area contributed by atoms with E-state index in [4.69, 9.17) is 22.6 Å². The zero-order valence-corrected chi connectivity index (χ0v) is 8.59. The maximum absolute atomic E-state index is 10.6. The topological polar surface area (TPSA) is 72.5 Å². The fourth-order valence-electron chi connectivity index (χ4n) is 0.952. The Hall–Kier alpha value is -0.810. The number of carboxylic acids is 1. The van der Waals surface area contributed by atoms with Crippen LogP contribution in [0.1, 0.15) is 11.7 Å². The Labute approximate surface area is 92.0 Å². The van der Waals surface area contributed by atoms with Gasteiger partial charge in [0, 0.05) is 10.6 Å². The van der Waals surface area contributed by atoms with Crippen LogP contribution in [-0.2, 0) is 9.63 Å². The van der Waals surface area contributed by atoms with Crippen molar-refractivity contribution in [3.63, 3.8) is 0 Å². The maximum Gasteiger partial charge on any atom is 0.339 e. The van der Waals surface area contributed by atoms with Gasteiger partial charge in [0.2, 0.25) is 6.10 Å². The summed E-state index contributed by atoms with van der Waals surface area (Å²) in [7, 11) is 0. The summed E-state index contributed by atoms with van der Waals surface area (Å²) in [5.41, 5.74) is 0.346. The highest BCUT2D eigenvalue weighted by molar-refractivity contribution is 6.31. The quantitative estimate of drug-likeness (QED) is 0.787. The summed E-state index contributed by atoms with van der Waals surface area (Å²) in [6, 6.07) is 6.48. The number of hydrogen-bond acceptors (Lipinski definition) is 3. The molecule has 0 bridgehead atoms. The fraction of sp³-hybridized carbons (Fsp3) is 0.125. The van der Waals surface area contributed by atoms with E-state index >= 15 is 0 Å². The van der Waals surface area contributed by atoms with Crippen molar-refractivity contribution in [2.45, 2.75) is 6.10 Å². The molecule has 1 atom stereocenters. The van der Waals surface area contributed by atoms with Crippen molar-refractivity contribution in [2.24, 2.45) is 5.90 Å². The third-order valence-electron chi connectivity index (χ3n) is 1.55. The maximum atomic E-state index is 10.6. The molecule has 0 aliphatic rings. The molecule has 0 heterocycles. The first-order valence-corrected chi connectivity index (χ1v) is 3.87. The Morgan fingerprint density at radius 1 is 1.50 bits per heavy atom. The van der Waals surface area contributed by atoms with Crippen molar-refractivity contribution in [1.82, 2.24) is 0 Å². The van der Waals surface area contributed by atoms with Gasteiger partial charge < -0.3 is 5.11 Å². The molecule has 6 heteroatoms. The lowest BCUT2D eigenvalue weighted by atomic mass is 10.1. The van der Waals surface area contributed by atoms with Gasteiger partial charge in [0.25, 0.3) is 0 Å². The van der Waals surface area contributed by atoms with Gasteiger partial charge in [-0.05, 0) is 6.07 Å². The Kier molecular flexibility index (Phi) is 5.49. The number of carboxylic acid groups (broad SMARTS) is 1. The Morgan fingerprint density at radius 3 is 2.50 bits per heavy atom. The number of carbonyl (C=O) groups is 1. The first kappa shape index (κ1) is 13.2. The number of nitrogens with two attached hydrogens (primary N) is 1. The molecule has 4 nitrogen and oxygen atoms in total. The summed E-state index contributed by atoms with van der Waals surface area (Å²) in [5, 5.41) is 9.01. The minimum atomic E-state index is -1.21. The number of rotatable bonds is 3. The van der Waals surface area contributed by atoms with E-state index in [9.17, 15) is 4.79 Å². The number of hydrogen-bond donors (Lipinski definition) is 2. The summed E-state index contributed by atoms with van der Waals surface area (Å²) in [6.07, 6.45) is -1.21. The van der Waals surface area contributed by atoms with Crippen molar-refractivity contribution in [3.8, 4) is 0 Å². The third-order valence-corrected chi connectivity index (χ3v) is 1.89. The second-order valence-electron chi connectivity index (χ2n) is 2.38. The van der Waals surface area contributed by atoms with Gasteiger partial charge >= 0.3 is 5.97 Å². The minimum absolute atomic E-state index is 0. The van der Waals surface area contributed by atoms with E-state index in [-0.39, 0.29) is 12.4 Å². The standard InChI is InChI=1S/C8H8ClNO3.ClH/c9-6-4-2-1-3-5(6)7(13-10)8(11)12;/h1-4,7H,10H2,(H,11,12);1H. The van der Waals surface area contributed by atoms with Gasteiger partial charge in [0.15, 0.2) is 0 Å². The van der Waals surface area contributed by atoms with E-state index in [0.717, 1.165) is 0 Å². The SMILES string of the molecule is Cl.NOC(C(=O)O)c1ccccc1Cl. The molecule has 1 aromatic carbocycles. The fourth-order valence-corrected chi connectivity index (χ4v) is 1.19. The molecule has 0 aromatic heterocycles. The molecule has 0 spiro atoms. The van der Waals surface area contributed by atoms with Crippen LogP contribution in [0.2, 0.25) is 5.02 Å². The number of benzene rings is 1. The summed E-state index contributed by atoms with van der Waals surface area (Å²) in [4.78, 5) is 14.9. The van der Waals surface area contributed by atoms with Gasteiger partial charge in [-0.15, -0.1) is 12.4 Å². The highest BCUT2D eigenvalue weighted by Crippen LogP contribution is 2.24. The van der Waals surface area contributed by atoms with Crippen LogP contribution < -0.4 is 5.90 Å². The highest BCUT2D eigenvalue weighted by atomic mass is 35.5. The van der Waals surface area contributed by atoms with Crippen LogP contribution in [-0.4, -0.2) is 11.1 Å². The largest absolute Gasteiger partial charge is 0.479 e. The van der Waals surface area contributed by atoms with Gasteiger partial charge in [-0.1, -0.05) is 29.8 Å². The molecule has 0 aliphatic heterocycles. The molecule has 1 aromatic rings. The molecule has 1 rings (SSSR count). The van der Waals surface area contributed by atoms with Crippen LogP contribution in [0.3, 0.4) is 0 Å². The summed E-state index contributed by atoms with van der Waals surface area (Å²) < 4.78 is 0. The van der Waals surface area contributed by atoms with E-state index in [2.05, 4.69) is 4.84 Å². The van der Waals surface area contributed by atoms with Gasteiger partial charge in [-0.25, -0.2) is 10.7 Å². The number of halogens is 2.